The van der Waals surface area contributed by atoms with Crippen molar-refractivity contribution in [3.05, 3.63) is 35.9 Å². The first-order chi connectivity index (χ1) is 14.8. The van der Waals surface area contributed by atoms with Crippen LogP contribution in [-0.4, -0.2) is 52.8 Å². The molecule has 32 heavy (non-hydrogen) atoms. The lowest BCUT2D eigenvalue weighted by atomic mass is 9.99. The third-order valence-electron chi connectivity index (χ3n) is 4.28. The number of rotatable bonds is 10. The molecule has 3 N–H and O–H groups in total. The SMILES string of the molecule is CCC[C@H](NC(=O)OC(C)(C)C)C(O)C(F)(F)C(=O)N[C@@H](C)C(=O)OCc1ccccc1. The molecule has 1 rings (SSSR count). The van der Waals surface area contributed by atoms with E-state index in [0.717, 1.165) is 0 Å². The van der Waals surface area contributed by atoms with Crippen molar-refractivity contribution in [2.24, 2.45) is 0 Å². The first kappa shape index (κ1) is 27.3. The number of ether oxygens (including phenoxy) is 2. The van der Waals surface area contributed by atoms with Gasteiger partial charge in [-0.05, 0) is 39.7 Å². The van der Waals surface area contributed by atoms with Crippen molar-refractivity contribution in [3.8, 4) is 0 Å². The first-order valence-electron chi connectivity index (χ1n) is 10.3. The summed E-state index contributed by atoms with van der Waals surface area (Å²) in [6.45, 7) is 7.56. The van der Waals surface area contributed by atoms with E-state index in [2.05, 4.69) is 5.32 Å². The second-order valence-electron chi connectivity index (χ2n) is 8.40. The maximum absolute atomic E-state index is 14.6. The quantitative estimate of drug-likeness (QED) is 0.465. The highest BCUT2D eigenvalue weighted by atomic mass is 19.3. The molecule has 0 aliphatic carbocycles. The van der Waals surface area contributed by atoms with Crippen molar-refractivity contribution in [1.82, 2.24) is 10.6 Å². The molecule has 8 nitrogen and oxygen atoms in total. The number of aliphatic hydroxyl groups excluding tert-OH is 1. The van der Waals surface area contributed by atoms with Crippen molar-refractivity contribution in [2.75, 3.05) is 0 Å². The van der Waals surface area contributed by atoms with Crippen molar-refractivity contribution in [1.29, 1.82) is 0 Å². The van der Waals surface area contributed by atoms with Crippen LogP contribution >= 0.6 is 0 Å². The van der Waals surface area contributed by atoms with E-state index < -0.39 is 47.7 Å². The minimum atomic E-state index is -4.29. The van der Waals surface area contributed by atoms with Gasteiger partial charge in [0.05, 0.1) is 6.04 Å². The number of alkyl carbamates (subject to hydrolysis) is 1. The number of alkyl halides is 2. The number of hydrogen-bond acceptors (Lipinski definition) is 6. The van der Waals surface area contributed by atoms with E-state index in [1.54, 1.807) is 58.0 Å². The van der Waals surface area contributed by atoms with Crippen LogP contribution in [0, 0.1) is 0 Å². The van der Waals surface area contributed by atoms with Crippen LogP contribution in [0.3, 0.4) is 0 Å². The Bertz CT molecular complexity index is 767. The van der Waals surface area contributed by atoms with Gasteiger partial charge in [-0.2, -0.15) is 8.78 Å². The second-order valence-corrected chi connectivity index (χ2v) is 8.40. The fraction of sp³-hybridized carbons (Fsp3) is 0.591. The number of carbonyl (C=O) groups is 3. The Hall–Kier alpha value is -2.75. The van der Waals surface area contributed by atoms with Crippen molar-refractivity contribution < 1.29 is 37.7 Å². The van der Waals surface area contributed by atoms with Gasteiger partial charge in [-0.15, -0.1) is 0 Å². The summed E-state index contributed by atoms with van der Waals surface area (Å²) in [4.78, 5) is 36.1. The molecule has 180 valence electrons. The molecular weight excluding hydrogens is 426 g/mol. The number of nitrogens with one attached hydrogen (secondary N) is 2. The molecule has 0 aromatic heterocycles. The fourth-order valence-corrected chi connectivity index (χ4v) is 2.67. The zero-order valence-electron chi connectivity index (χ0n) is 19.0. The lowest BCUT2D eigenvalue weighted by molar-refractivity contribution is -0.169. The second kappa shape index (κ2) is 11.8. The topological polar surface area (TPSA) is 114 Å². The Morgan fingerprint density at radius 1 is 1.09 bits per heavy atom. The summed E-state index contributed by atoms with van der Waals surface area (Å²) in [5.41, 5.74) is -0.183. The van der Waals surface area contributed by atoms with Crippen molar-refractivity contribution in [2.45, 2.75) is 83.8 Å². The highest BCUT2D eigenvalue weighted by Gasteiger charge is 2.51. The van der Waals surface area contributed by atoms with Gasteiger partial charge in [-0.25, -0.2) is 9.59 Å². The molecule has 0 heterocycles. The van der Waals surface area contributed by atoms with Gasteiger partial charge in [0.1, 0.15) is 24.4 Å². The zero-order valence-corrected chi connectivity index (χ0v) is 19.0. The standard InChI is InChI=1S/C22H32F2N2O6/c1-6-10-16(26-20(30)32-21(3,4)5)17(27)22(23,24)19(29)25-14(2)18(28)31-13-15-11-8-7-9-12-15/h7-9,11-12,14,16-17,27H,6,10,13H2,1-5H3,(H,25,29)(H,26,30)/t14-,16-,17?/m0/s1. The van der Waals surface area contributed by atoms with Crippen molar-refractivity contribution in [3.63, 3.8) is 0 Å². The van der Waals surface area contributed by atoms with E-state index in [-0.39, 0.29) is 13.0 Å². The summed E-state index contributed by atoms with van der Waals surface area (Å²) < 4.78 is 39.3. The highest BCUT2D eigenvalue weighted by molar-refractivity contribution is 5.89. The van der Waals surface area contributed by atoms with Gasteiger partial charge in [0.15, 0.2) is 0 Å². The third-order valence-corrected chi connectivity index (χ3v) is 4.28. The minimum absolute atomic E-state index is 0.0298. The van der Waals surface area contributed by atoms with Crippen LogP contribution in [0.2, 0.25) is 0 Å². The molecule has 0 radical (unpaired) electrons. The molecule has 0 aliphatic heterocycles. The number of carbonyl (C=O) groups excluding carboxylic acids is 3. The Balaban J connectivity index is 2.74. The minimum Gasteiger partial charge on any atom is -0.459 e. The summed E-state index contributed by atoms with van der Waals surface area (Å²) >= 11 is 0. The monoisotopic (exact) mass is 458 g/mol. The van der Waals surface area contributed by atoms with Gasteiger partial charge in [-0.1, -0.05) is 43.7 Å². The number of esters is 1. The predicted molar refractivity (Wildman–Crippen MR) is 113 cm³/mol. The summed E-state index contributed by atoms with van der Waals surface area (Å²) in [7, 11) is 0. The van der Waals surface area contributed by atoms with E-state index in [9.17, 15) is 28.3 Å². The molecule has 0 bridgehead atoms. The van der Waals surface area contributed by atoms with Crippen molar-refractivity contribution >= 4 is 18.0 Å². The Labute approximate surface area is 186 Å². The third kappa shape index (κ3) is 8.78. The summed E-state index contributed by atoms with van der Waals surface area (Å²) in [5, 5.41) is 14.2. The average Bonchev–Trinajstić information content (AvgIpc) is 2.70. The smallest absolute Gasteiger partial charge is 0.407 e. The molecule has 0 saturated carbocycles. The van der Waals surface area contributed by atoms with Gasteiger partial charge in [0, 0.05) is 0 Å². The van der Waals surface area contributed by atoms with E-state index in [1.807, 2.05) is 5.32 Å². The Kier molecular flexibility index (Phi) is 10.0. The molecule has 0 fully saturated rings. The van der Waals surface area contributed by atoms with Crippen LogP contribution in [0.15, 0.2) is 30.3 Å². The molecule has 1 unspecified atom stereocenters. The first-order valence-corrected chi connectivity index (χ1v) is 10.3. The molecule has 1 aromatic rings. The molecule has 3 atom stereocenters. The molecule has 0 saturated heterocycles. The van der Waals surface area contributed by atoms with Gasteiger partial charge in [0.25, 0.3) is 5.91 Å². The maximum Gasteiger partial charge on any atom is 0.407 e. The van der Waals surface area contributed by atoms with E-state index in [4.69, 9.17) is 9.47 Å². The van der Waals surface area contributed by atoms with Crippen LogP contribution in [0.1, 0.15) is 53.0 Å². The largest absolute Gasteiger partial charge is 0.459 e. The average molecular weight is 459 g/mol. The van der Waals surface area contributed by atoms with E-state index in [0.29, 0.717) is 12.0 Å². The lowest BCUT2D eigenvalue weighted by Crippen LogP contribution is -2.59. The Morgan fingerprint density at radius 3 is 2.22 bits per heavy atom. The van der Waals surface area contributed by atoms with Gasteiger partial charge >= 0.3 is 18.0 Å². The van der Waals surface area contributed by atoms with Gasteiger partial charge < -0.3 is 25.2 Å². The number of aliphatic hydroxyl groups is 1. The molecular formula is C22H32F2N2O6. The molecule has 0 spiro atoms. The van der Waals surface area contributed by atoms with Gasteiger partial charge in [-0.3, -0.25) is 4.79 Å². The highest BCUT2D eigenvalue weighted by Crippen LogP contribution is 2.24. The van der Waals surface area contributed by atoms with E-state index >= 15 is 0 Å². The molecule has 10 heteroatoms. The van der Waals surface area contributed by atoms with Crippen LogP contribution in [0.5, 0.6) is 0 Å². The molecule has 0 aliphatic rings. The number of amides is 2. The number of halogens is 2. The van der Waals surface area contributed by atoms with Crippen LogP contribution in [0.25, 0.3) is 0 Å². The van der Waals surface area contributed by atoms with Crippen LogP contribution in [-0.2, 0) is 25.7 Å². The van der Waals surface area contributed by atoms with E-state index in [1.165, 1.54) is 6.92 Å². The summed E-state index contributed by atoms with van der Waals surface area (Å²) in [5.74, 6) is -7.06. The number of hydrogen-bond donors (Lipinski definition) is 3. The Morgan fingerprint density at radius 2 is 1.69 bits per heavy atom. The van der Waals surface area contributed by atoms with Crippen LogP contribution in [0.4, 0.5) is 13.6 Å². The summed E-state index contributed by atoms with van der Waals surface area (Å²) in [6.07, 6.45) is -3.22. The molecule has 1 aromatic carbocycles. The lowest BCUT2D eigenvalue weighted by Gasteiger charge is -2.30. The predicted octanol–water partition coefficient (Wildman–Crippen LogP) is 2.92. The normalized spacial score (nSPS) is 14.6. The molecule has 2 amide bonds. The zero-order chi connectivity index (χ0) is 24.5. The van der Waals surface area contributed by atoms with Crippen LogP contribution < -0.4 is 10.6 Å². The maximum atomic E-state index is 14.6. The van der Waals surface area contributed by atoms with Gasteiger partial charge in [0.2, 0.25) is 0 Å². The summed E-state index contributed by atoms with van der Waals surface area (Å²) in [6, 6.07) is 5.87. The fourth-order valence-electron chi connectivity index (χ4n) is 2.67. The number of benzene rings is 1.